The van der Waals surface area contributed by atoms with E-state index in [0.717, 1.165) is 0 Å². The van der Waals surface area contributed by atoms with Crippen LogP contribution in [-0.4, -0.2) is 23.4 Å². The summed E-state index contributed by atoms with van der Waals surface area (Å²) in [4.78, 5) is 13.7. The highest BCUT2D eigenvalue weighted by Gasteiger charge is 2.29. The number of carbonyl (C=O) groups is 1. The highest BCUT2D eigenvalue weighted by atomic mass is 16.2. The molecule has 0 saturated heterocycles. The summed E-state index contributed by atoms with van der Waals surface area (Å²) in [7, 11) is 1.54. The summed E-state index contributed by atoms with van der Waals surface area (Å²) in [6.45, 7) is 5.02. The van der Waals surface area contributed by atoms with Crippen molar-refractivity contribution in [1.29, 1.82) is 10.5 Å². The van der Waals surface area contributed by atoms with Gasteiger partial charge in [-0.2, -0.15) is 10.5 Å². The second-order valence-electron chi connectivity index (χ2n) is 4.90. The maximum atomic E-state index is 12.4. The quantitative estimate of drug-likeness (QED) is 0.816. The van der Waals surface area contributed by atoms with Crippen molar-refractivity contribution in [3.63, 3.8) is 0 Å². The fourth-order valence-electron chi connectivity index (χ4n) is 1.55. The number of benzene rings is 1. The van der Waals surface area contributed by atoms with Crippen LogP contribution >= 0.6 is 0 Å². The van der Waals surface area contributed by atoms with Crippen LogP contribution in [0.5, 0.6) is 0 Å². The zero-order valence-corrected chi connectivity index (χ0v) is 11.5. The molecule has 0 radical (unpaired) electrons. The van der Waals surface area contributed by atoms with Crippen LogP contribution in [-0.2, 0) is 0 Å². The average molecular weight is 256 g/mol. The van der Waals surface area contributed by atoms with Gasteiger partial charge in [0.25, 0.3) is 5.91 Å². The molecule has 1 rings (SSSR count). The van der Waals surface area contributed by atoms with Crippen LogP contribution in [0.25, 0.3) is 0 Å². The Labute approximate surface area is 112 Å². The summed E-state index contributed by atoms with van der Waals surface area (Å²) in [5.41, 5.74) is 6.58. The Balaban J connectivity index is 3.33. The molecule has 5 heteroatoms. The number of nitrogen functional groups attached to an aromatic ring is 1. The standard InChI is InChI=1S/C14H16N4O/c1-9-5-10(7-15)6-11(12(9)17)13(19)18(4)14(2,3)8-16/h5-6H,17H2,1-4H3. The molecule has 0 fully saturated rings. The van der Waals surface area contributed by atoms with E-state index in [1.165, 1.54) is 11.0 Å². The third-order valence-electron chi connectivity index (χ3n) is 3.16. The van der Waals surface area contributed by atoms with E-state index in [4.69, 9.17) is 16.3 Å². The minimum atomic E-state index is -0.944. The number of nitrogens with zero attached hydrogens (tertiary/aromatic N) is 3. The molecule has 0 unspecified atom stereocenters. The van der Waals surface area contributed by atoms with E-state index < -0.39 is 5.54 Å². The third kappa shape index (κ3) is 2.66. The van der Waals surface area contributed by atoms with Crippen molar-refractivity contribution < 1.29 is 4.79 Å². The van der Waals surface area contributed by atoms with Gasteiger partial charge in [0, 0.05) is 12.7 Å². The van der Waals surface area contributed by atoms with Crippen LogP contribution in [0.2, 0.25) is 0 Å². The molecular formula is C14H16N4O. The van der Waals surface area contributed by atoms with Gasteiger partial charge in [0.05, 0.1) is 23.3 Å². The number of rotatable bonds is 2. The van der Waals surface area contributed by atoms with Crippen molar-refractivity contribution in [1.82, 2.24) is 4.90 Å². The lowest BCUT2D eigenvalue weighted by Crippen LogP contribution is -2.44. The Morgan fingerprint density at radius 3 is 2.42 bits per heavy atom. The lowest BCUT2D eigenvalue weighted by atomic mass is 10.00. The Hall–Kier alpha value is -2.53. The molecule has 0 heterocycles. The fraction of sp³-hybridized carbons (Fsp3) is 0.357. The second-order valence-corrected chi connectivity index (χ2v) is 4.90. The molecule has 0 aliphatic carbocycles. The zero-order chi connectivity index (χ0) is 14.8. The van der Waals surface area contributed by atoms with Crippen molar-refractivity contribution in [3.05, 3.63) is 28.8 Å². The molecule has 0 aromatic heterocycles. The molecule has 0 bridgehead atoms. The molecule has 0 aliphatic heterocycles. The molecule has 1 aromatic rings. The number of hydrogen-bond donors (Lipinski definition) is 1. The number of amides is 1. The average Bonchev–Trinajstić information content (AvgIpc) is 2.39. The first-order valence-corrected chi connectivity index (χ1v) is 5.74. The second kappa shape index (κ2) is 4.99. The molecule has 98 valence electrons. The zero-order valence-electron chi connectivity index (χ0n) is 11.5. The predicted molar refractivity (Wildman–Crippen MR) is 72.1 cm³/mol. The van der Waals surface area contributed by atoms with E-state index in [-0.39, 0.29) is 11.5 Å². The van der Waals surface area contributed by atoms with Crippen LogP contribution in [0.1, 0.15) is 35.3 Å². The monoisotopic (exact) mass is 256 g/mol. The van der Waals surface area contributed by atoms with E-state index in [2.05, 4.69) is 6.07 Å². The summed E-state index contributed by atoms with van der Waals surface area (Å²) in [6.07, 6.45) is 0. The van der Waals surface area contributed by atoms with Gasteiger partial charge in [-0.15, -0.1) is 0 Å². The fourth-order valence-corrected chi connectivity index (χ4v) is 1.55. The Kier molecular flexibility index (Phi) is 3.82. The maximum absolute atomic E-state index is 12.4. The van der Waals surface area contributed by atoms with Crippen LogP contribution in [0.3, 0.4) is 0 Å². The van der Waals surface area contributed by atoms with Gasteiger partial charge in [-0.3, -0.25) is 4.79 Å². The summed E-state index contributed by atoms with van der Waals surface area (Å²) in [5.74, 6) is -0.371. The number of nitrogens with two attached hydrogens (primary N) is 1. The number of anilines is 1. The molecule has 1 aromatic carbocycles. The lowest BCUT2D eigenvalue weighted by Gasteiger charge is -2.29. The highest BCUT2D eigenvalue weighted by Crippen LogP contribution is 2.23. The first-order chi connectivity index (χ1) is 8.74. The van der Waals surface area contributed by atoms with Gasteiger partial charge in [0.2, 0.25) is 0 Å². The Bertz CT molecular complexity index is 605. The normalized spacial score (nSPS) is 10.4. The number of hydrogen-bond acceptors (Lipinski definition) is 4. The molecule has 0 saturated carbocycles. The maximum Gasteiger partial charge on any atom is 0.257 e. The summed E-state index contributed by atoms with van der Waals surface area (Å²) in [5, 5.41) is 18.0. The highest BCUT2D eigenvalue weighted by molar-refractivity contribution is 6.00. The van der Waals surface area contributed by atoms with Gasteiger partial charge in [-0.05, 0) is 38.5 Å². The van der Waals surface area contributed by atoms with E-state index in [1.807, 2.05) is 6.07 Å². The summed E-state index contributed by atoms with van der Waals surface area (Å²) in [6, 6.07) is 7.12. The minimum Gasteiger partial charge on any atom is -0.398 e. The van der Waals surface area contributed by atoms with Crippen molar-refractivity contribution in [3.8, 4) is 12.1 Å². The van der Waals surface area contributed by atoms with E-state index in [9.17, 15) is 4.79 Å². The molecule has 5 nitrogen and oxygen atoms in total. The predicted octanol–water partition coefficient (Wildman–Crippen LogP) is 1.82. The van der Waals surface area contributed by atoms with Gasteiger partial charge in [-0.25, -0.2) is 0 Å². The van der Waals surface area contributed by atoms with Crippen LogP contribution in [0.4, 0.5) is 5.69 Å². The van der Waals surface area contributed by atoms with E-state index in [1.54, 1.807) is 33.9 Å². The van der Waals surface area contributed by atoms with Gasteiger partial charge < -0.3 is 10.6 Å². The van der Waals surface area contributed by atoms with Crippen molar-refractivity contribution >= 4 is 11.6 Å². The summed E-state index contributed by atoms with van der Waals surface area (Å²) < 4.78 is 0. The van der Waals surface area contributed by atoms with Gasteiger partial charge in [-0.1, -0.05) is 0 Å². The largest absolute Gasteiger partial charge is 0.398 e. The van der Waals surface area contributed by atoms with Crippen LogP contribution < -0.4 is 5.73 Å². The van der Waals surface area contributed by atoms with Crippen LogP contribution in [0.15, 0.2) is 12.1 Å². The van der Waals surface area contributed by atoms with Crippen molar-refractivity contribution in [2.24, 2.45) is 0 Å². The molecule has 0 spiro atoms. The van der Waals surface area contributed by atoms with E-state index in [0.29, 0.717) is 16.8 Å². The topological polar surface area (TPSA) is 93.9 Å². The lowest BCUT2D eigenvalue weighted by molar-refractivity contribution is 0.0699. The molecule has 19 heavy (non-hydrogen) atoms. The van der Waals surface area contributed by atoms with Gasteiger partial charge >= 0.3 is 0 Å². The first-order valence-electron chi connectivity index (χ1n) is 5.74. The van der Waals surface area contributed by atoms with Crippen molar-refractivity contribution in [2.75, 3.05) is 12.8 Å². The Morgan fingerprint density at radius 2 is 1.95 bits per heavy atom. The third-order valence-corrected chi connectivity index (χ3v) is 3.16. The molecule has 0 atom stereocenters. The first kappa shape index (κ1) is 14.5. The molecule has 0 aliphatic rings. The molecular weight excluding hydrogens is 240 g/mol. The number of carbonyl (C=O) groups excluding carboxylic acids is 1. The molecule has 2 N–H and O–H groups in total. The van der Waals surface area contributed by atoms with Gasteiger partial charge in [0.1, 0.15) is 5.54 Å². The SMILES string of the molecule is Cc1cc(C#N)cc(C(=O)N(C)C(C)(C)C#N)c1N. The smallest absolute Gasteiger partial charge is 0.257 e. The Morgan fingerprint density at radius 1 is 1.37 bits per heavy atom. The van der Waals surface area contributed by atoms with Crippen molar-refractivity contribution in [2.45, 2.75) is 26.3 Å². The molecule has 1 amide bonds. The summed E-state index contributed by atoms with van der Waals surface area (Å²) >= 11 is 0. The van der Waals surface area contributed by atoms with Crippen LogP contribution in [0, 0.1) is 29.6 Å². The van der Waals surface area contributed by atoms with Gasteiger partial charge in [0.15, 0.2) is 0 Å². The minimum absolute atomic E-state index is 0.252. The number of aryl methyl sites for hydroxylation is 1. The number of nitriles is 2. The van der Waals surface area contributed by atoms with E-state index >= 15 is 0 Å².